The monoisotopic (exact) mass is 224 g/mol. The van der Waals surface area contributed by atoms with Gasteiger partial charge in [-0.3, -0.25) is 10.00 Å². The summed E-state index contributed by atoms with van der Waals surface area (Å²) in [5.74, 6) is 0.702. The van der Waals surface area contributed by atoms with Crippen LogP contribution in [0, 0.1) is 0 Å². The van der Waals surface area contributed by atoms with Crippen LogP contribution in [0.5, 0.6) is 0 Å². The number of amides is 2. The fourth-order valence-corrected chi connectivity index (χ4v) is 1.60. The van der Waals surface area contributed by atoms with E-state index in [2.05, 4.69) is 10.4 Å². The molecule has 0 fully saturated rings. The van der Waals surface area contributed by atoms with Gasteiger partial charge in [-0.25, -0.2) is 4.79 Å². The lowest BCUT2D eigenvalue weighted by Crippen LogP contribution is -2.47. The molecule has 0 aliphatic rings. The molecule has 0 atom stereocenters. The Bertz CT molecular complexity index is 364. The molecule has 0 spiro atoms. The zero-order chi connectivity index (χ0) is 12.3. The molecule has 0 radical (unpaired) electrons. The SMILES string of the molecule is CCN(C(=O)Nc1ccnn1C)C(C)(C)C. The molecule has 90 valence electrons. The number of hydrogen-bond acceptors (Lipinski definition) is 2. The lowest BCUT2D eigenvalue weighted by molar-refractivity contribution is 0.162. The van der Waals surface area contributed by atoms with Crippen LogP contribution in [-0.4, -0.2) is 32.8 Å². The van der Waals surface area contributed by atoms with Crippen molar-refractivity contribution in [3.8, 4) is 0 Å². The van der Waals surface area contributed by atoms with Crippen molar-refractivity contribution in [2.24, 2.45) is 7.05 Å². The molecular weight excluding hydrogens is 204 g/mol. The molecule has 0 aliphatic heterocycles. The number of aromatic nitrogens is 2. The van der Waals surface area contributed by atoms with E-state index in [-0.39, 0.29) is 11.6 Å². The van der Waals surface area contributed by atoms with Crippen LogP contribution in [0.2, 0.25) is 0 Å². The second kappa shape index (κ2) is 4.55. The molecule has 5 nitrogen and oxygen atoms in total. The minimum Gasteiger partial charge on any atom is -0.320 e. The summed E-state index contributed by atoms with van der Waals surface area (Å²) in [4.78, 5) is 13.8. The quantitative estimate of drug-likeness (QED) is 0.836. The normalized spacial score (nSPS) is 11.3. The Balaban J connectivity index is 2.75. The third kappa shape index (κ3) is 2.74. The average Bonchev–Trinajstić information content (AvgIpc) is 2.50. The standard InChI is InChI=1S/C11H20N4O/c1-6-15(11(2,3)4)10(16)13-9-7-8-12-14(9)5/h7-8H,6H2,1-5H3,(H,13,16). The van der Waals surface area contributed by atoms with E-state index >= 15 is 0 Å². The molecule has 1 aromatic heterocycles. The predicted octanol–water partition coefficient (Wildman–Crippen LogP) is 2.07. The highest BCUT2D eigenvalue weighted by Gasteiger charge is 2.25. The van der Waals surface area contributed by atoms with Gasteiger partial charge < -0.3 is 4.90 Å². The van der Waals surface area contributed by atoms with E-state index in [9.17, 15) is 4.79 Å². The van der Waals surface area contributed by atoms with Crippen LogP contribution in [-0.2, 0) is 7.05 Å². The average molecular weight is 224 g/mol. The van der Waals surface area contributed by atoms with Gasteiger partial charge in [-0.2, -0.15) is 5.10 Å². The predicted molar refractivity (Wildman–Crippen MR) is 64.4 cm³/mol. The molecule has 0 bridgehead atoms. The lowest BCUT2D eigenvalue weighted by Gasteiger charge is -2.34. The van der Waals surface area contributed by atoms with Crippen LogP contribution in [0.1, 0.15) is 27.7 Å². The highest BCUT2D eigenvalue weighted by Crippen LogP contribution is 2.15. The van der Waals surface area contributed by atoms with E-state index in [1.54, 1.807) is 28.9 Å². The fraction of sp³-hybridized carbons (Fsp3) is 0.636. The van der Waals surface area contributed by atoms with Gasteiger partial charge in [0, 0.05) is 25.2 Å². The van der Waals surface area contributed by atoms with Crippen LogP contribution in [0.15, 0.2) is 12.3 Å². The number of nitrogens with one attached hydrogen (secondary N) is 1. The largest absolute Gasteiger partial charge is 0.323 e. The number of hydrogen-bond donors (Lipinski definition) is 1. The Hall–Kier alpha value is -1.52. The number of anilines is 1. The molecule has 0 aromatic carbocycles. The van der Waals surface area contributed by atoms with Gasteiger partial charge in [-0.1, -0.05) is 0 Å². The van der Waals surface area contributed by atoms with Crippen molar-refractivity contribution < 1.29 is 4.79 Å². The minimum absolute atomic E-state index is 0.0985. The molecular formula is C11H20N4O. The summed E-state index contributed by atoms with van der Waals surface area (Å²) in [5, 5.41) is 6.84. The van der Waals surface area contributed by atoms with Crippen molar-refractivity contribution in [2.45, 2.75) is 33.2 Å². The van der Waals surface area contributed by atoms with Gasteiger partial charge >= 0.3 is 6.03 Å². The molecule has 16 heavy (non-hydrogen) atoms. The van der Waals surface area contributed by atoms with Gasteiger partial charge in [0.2, 0.25) is 0 Å². The molecule has 0 unspecified atom stereocenters. The summed E-state index contributed by atoms with van der Waals surface area (Å²) in [7, 11) is 1.79. The molecule has 1 aromatic rings. The van der Waals surface area contributed by atoms with Crippen LogP contribution < -0.4 is 5.32 Å². The van der Waals surface area contributed by atoms with Crippen LogP contribution in [0.3, 0.4) is 0 Å². The zero-order valence-corrected chi connectivity index (χ0v) is 10.6. The third-order valence-electron chi connectivity index (χ3n) is 2.43. The van der Waals surface area contributed by atoms with Crippen LogP contribution >= 0.6 is 0 Å². The van der Waals surface area contributed by atoms with Crippen LogP contribution in [0.4, 0.5) is 10.6 Å². The van der Waals surface area contributed by atoms with Gasteiger partial charge in [-0.15, -0.1) is 0 Å². The van der Waals surface area contributed by atoms with Crippen molar-refractivity contribution >= 4 is 11.8 Å². The number of nitrogens with zero attached hydrogens (tertiary/aromatic N) is 3. The second-order valence-electron chi connectivity index (χ2n) is 4.69. The topological polar surface area (TPSA) is 50.2 Å². The third-order valence-corrected chi connectivity index (χ3v) is 2.43. The van der Waals surface area contributed by atoms with E-state index in [1.807, 2.05) is 27.7 Å². The summed E-state index contributed by atoms with van der Waals surface area (Å²) in [6.07, 6.45) is 1.66. The van der Waals surface area contributed by atoms with E-state index < -0.39 is 0 Å². The summed E-state index contributed by atoms with van der Waals surface area (Å²) in [6, 6.07) is 1.67. The Morgan fingerprint density at radius 3 is 2.56 bits per heavy atom. The maximum atomic E-state index is 12.0. The number of urea groups is 1. The first kappa shape index (κ1) is 12.5. The van der Waals surface area contributed by atoms with E-state index in [4.69, 9.17) is 0 Å². The number of rotatable bonds is 2. The van der Waals surface area contributed by atoms with E-state index in [0.717, 1.165) is 0 Å². The minimum atomic E-state index is -0.183. The van der Waals surface area contributed by atoms with Gasteiger partial charge in [0.1, 0.15) is 5.82 Å². The lowest BCUT2D eigenvalue weighted by atomic mass is 10.1. The van der Waals surface area contributed by atoms with Gasteiger partial charge in [-0.05, 0) is 27.7 Å². The van der Waals surface area contributed by atoms with Crippen molar-refractivity contribution in [1.82, 2.24) is 14.7 Å². The smallest absolute Gasteiger partial charge is 0.320 e. The highest BCUT2D eigenvalue weighted by atomic mass is 16.2. The first-order valence-electron chi connectivity index (χ1n) is 5.43. The summed E-state index contributed by atoms with van der Waals surface area (Å²) in [5.41, 5.74) is -0.183. The molecule has 0 aliphatic carbocycles. The molecule has 1 rings (SSSR count). The molecule has 1 N–H and O–H groups in total. The van der Waals surface area contributed by atoms with E-state index in [1.165, 1.54) is 0 Å². The van der Waals surface area contributed by atoms with Gasteiger partial charge in [0.25, 0.3) is 0 Å². The number of aryl methyl sites for hydroxylation is 1. The van der Waals surface area contributed by atoms with Gasteiger partial charge in [0.05, 0.1) is 6.20 Å². The maximum absolute atomic E-state index is 12.0. The van der Waals surface area contributed by atoms with Crippen molar-refractivity contribution in [2.75, 3.05) is 11.9 Å². The first-order chi connectivity index (χ1) is 7.36. The Morgan fingerprint density at radius 1 is 1.56 bits per heavy atom. The Morgan fingerprint density at radius 2 is 2.19 bits per heavy atom. The summed E-state index contributed by atoms with van der Waals surface area (Å²) < 4.78 is 1.63. The fourth-order valence-electron chi connectivity index (χ4n) is 1.60. The Kier molecular flexibility index (Phi) is 3.57. The van der Waals surface area contributed by atoms with E-state index in [0.29, 0.717) is 12.4 Å². The Labute approximate surface area is 96.4 Å². The van der Waals surface area contributed by atoms with Crippen molar-refractivity contribution in [3.05, 3.63) is 12.3 Å². The van der Waals surface area contributed by atoms with Crippen molar-refractivity contribution in [3.63, 3.8) is 0 Å². The van der Waals surface area contributed by atoms with Crippen LogP contribution in [0.25, 0.3) is 0 Å². The number of carbonyl (C=O) groups excluding carboxylic acids is 1. The maximum Gasteiger partial charge on any atom is 0.323 e. The first-order valence-corrected chi connectivity index (χ1v) is 5.43. The highest BCUT2D eigenvalue weighted by molar-refractivity contribution is 5.88. The summed E-state index contributed by atoms with van der Waals surface area (Å²) >= 11 is 0. The summed E-state index contributed by atoms with van der Waals surface area (Å²) in [6.45, 7) is 8.68. The van der Waals surface area contributed by atoms with Gasteiger partial charge in [0.15, 0.2) is 0 Å². The second-order valence-corrected chi connectivity index (χ2v) is 4.69. The molecule has 5 heteroatoms. The molecule has 2 amide bonds. The molecule has 0 saturated heterocycles. The van der Waals surface area contributed by atoms with Crippen molar-refractivity contribution in [1.29, 1.82) is 0 Å². The molecule has 0 saturated carbocycles. The zero-order valence-electron chi connectivity index (χ0n) is 10.6. The number of carbonyl (C=O) groups is 1. The molecule has 1 heterocycles.